The molecule has 0 bridgehead atoms. The largest absolute Gasteiger partial charge is 0.394 e. The van der Waals surface area contributed by atoms with Crippen LogP contribution in [0, 0.1) is 0 Å². The number of anilines is 1. The molecule has 0 amide bonds. The minimum absolute atomic E-state index is 0.0497. The average Bonchev–Trinajstić information content (AvgIpc) is 3.04. The van der Waals surface area contributed by atoms with Crippen molar-refractivity contribution in [2.24, 2.45) is 0 Å². The SMILES string of the molecule is Nc1nc2c(ncn2C2COC([C@H](O)[C@H](O)[C@H](O)CO)OC2)c(=O)[nH]1. The van der Waals surface area contributed by atoms with E-state index in [9.17, 15) is 20.1 Å². The Morgan fingerprint density at radius 3 is 2.68 bits per heavy atom. The van der Waals surface area contributed by atoms with Crippen molar-refractivity contribution >= 4 is 17.1 Å². The number of nitrogen functional groups attached to an aromatic ring is 1. The van der Waals surface area contributed by atoms with E-state index >= 15 is 0 Å². The fourth-order valence-electron chi connectivity index (χ4n) is 2.57. The van der Waals surface area contributed by atoms with Gasteiger partial charge in [0, 0.05) is 0 Å². The highest BCUT2D eigenvalue weighted by Gasteiger charge is 2.36. The topological polar surface area (TPSA) is 189 Å². The highest BCUT2D eigenvalue weighted by molar-refractivity contribution is 5.70. The summed E-state index contributed by atoms with van der Waals surface area (Å²) >= 11 is 0. The van der Waals surface area contributed by atoms with Crippen LogP contribution in [0.3, 0.4) is 0 Å². The number of fused-ring (bicyclic) bond motifs is 1. The van der Waals surface area contributed by atoms with E-state index in [1.807, 2.05) is 0 Å². The maximum Gasteiger partial charge on any atom is 0.280 e. The molecule has 1 fully saturated rings. The minimum Gasteiger partial charge on any atom is -0.394 e. The molecule has 2 aromatic rings. The Balaban J connectivity index is 1.72. The van der Waals surface area contributed by atoms with Crippen molar-refractivity contribution in [3.63, 3.8) is 0 Å². The summed E-state index contributed by atoms with van der Waals surface area (Å²) in [7, 11) is 0. The second-order valence-corrected chi connectivity index (χ2v) is 5.70. The average molecular weight is 357 g/mol. The summed E-state index contributed by atoms with van der Waals surface area (Å²) in [6, 6.07) is -0.387. The molecule has 12 heteroatoms. The van der Waals surface area contributed by atoms with Crippen LogP contribution in [0.4, 0.5) is 5.95 Å². The molecule has 0 aromatic carbocycles. The van der Waals surface area contributed by atoms with Gasteiger partial charge in [-0.1, -0.05) is 0 Å². The standard InChI is InChI=1S/C13H19N5O7/c14-13-16-10-7(11(23)17-13)15-4-18(10)5-2-24-12(25-3-5)9(22)8(21)6(20)1-19/h4-6,8-9,12,19-22H,1-3H2,(H3,14,16,17,23)/t5?,6-,8-,9-,12?/m1/s1. The number of hydrogen-bond acceptors (Lipinski definition) is 10. The van der Waals surface area contributed by atoms with Crippen molar-refractivity contribution in [3.8, 4) is 0 Å². The van der Waals surface area contributed by atoms with Crippen LogP contribution in [0.5, 0.6) is 0 Å². The van der Waals surface area contributed by atoms with Crippen molar-refractivity contribution in [1.29, 1.82) is 0 Å². The lowest BCUT2D eigenvalue weighted by molar-refractivity contribution is -0.259. The van der Waals surface area contributed by atoms with Crippen LogP contribution in [0.15, 0.2) is 11.1 Å². The molecule has 7 N–H and O–H groups in total. The van der Waals surface area contributed by atoms with Crippen LogP contribution < -0.4 is 11.3 Å². The molecule has 0 radical (unpaired) electrons. The number of rotatable bonds is 5. The molecule has 0 spiro atoms. The lowest BCUT2D eigenvalue weighted by atomic mass is 10.1. The minimum atomic E-state index is -1.62. The number of aromatic amines is 1. The number of ether oxygens (including phenoxy) is 2. The number of nitrogens with one attached hydrogen (secondary N) is 1. The van der Waals surface area contributed by atoms with Crippen LogP contribution in [-0.2, 0) is 9.47 Å². The number of hydrogen-bond donors (Lipinski definition) is 6. The number of aliphatic hydroxyl groups excluding tert-OH is 4. The third-order valence-corrected chi connectivity index (χ3v) is 3.96. The third-order valence-electron chi connectivity index (χ3n) is 3.96. The van der Waals surface area contributed by atoms with Gasteiger partial charge in [0.25, 0.3) is 5.56 Å². The first-order valence-electron chi connectivity index (χ1n) is 7.53. The van der Waals surface area contributed by atoms with E-state index in [0.717, 1.165) is 0 Å². The van der Waals surface area contributed by atoms with Crippen molar-refractivity contribution in [3.05, 3.63) is 16.7 Å². The van der Waals surface area contributed by atoms with Gasteiger partial charge in [0.1, 0.15) is 18.3 Å². The van der Waals surface area contributed by atoms with Gasteiger partial charge in [-0.05, 0) is 0 Å². The molecule has 0 unspecified atom stereocenters. The van der Waals surface area contributed by atoms with Crippen LogP contribution >= 0.6 is 0 Å². The van der Waals surface area contributed by atoms with Gasteiger partial charge < -0.3 is 40.2 Å². The van der Waals surface area contributed by atoms with E-state index in [4.69, 9.17) is 20.3 Å². The molecule has 3 rings (SSSR count). The lowest BCUT2D eigenvalue weighted by Gasteiger charge is -2.34. The van der Waals surface area contributed by atoms with Gasteiger partial charge in [-0.3, -0.25) is 9.78 Å². The molecule has 1 aliphatic rings. The van der Waals surface area contributed by atoms with Crippen LogP contribution in [0.25, 0.3) is 11.2 Å². The zero-order valence-electron chi connectivity index (χ0n) is 13.0. The van der Waals surface area contributed by atoms with Crippen molar-refractivity contribution in [2.45, 2.75) is 30.6 Å². The van der Waals surface area contributed by atoms with Gasteiger partial charge >= 0.3 is 0 Å². The Labute approximate surface area is 140 Å². The zero-order chi connectivity index (χ0) is 18.1. The molecule has 3 heterocycles. The molecule has 0 aliphatic carbocycles. The first kappa shape index (κ1) is 17.7. The maximum atomic E-state index is 11.8. The molecule has 138 valence electrons. The summed E-state index contributed by atoms with van der Waals surface area (Å²) in [5.41, 5.74) is 5.47. The molecule has 3 atom stereocenters. The van der Waals surface area contributed by atoms with Crippen LogP contribution in [0.2, 0.25) is 0 Å². The van der Waals surface area contributed by atoms with Gasteiger partial charge in [-0.25, -0.2) is 4.98 Å². The van der Waals surface area contributed by atoms with E-state index < -0.39 is 36.8 Å². The van der Waals surface area contributed by atoms with Crippen LogP contribution in [0.1, 0.15) is 6.04 Å². The third kappa shape index (κ3) is 3.35. The van der Waals surface area contributed by atoms with E-state index in [-0.39, 0.29) is 36.4 Å². The van der Waals surface area contributed by atoms with Crippen molar-refractivity contribution in [2.75, 3.05) is 25.6 Å². The highest BCUT2D eigenvalue weighted by Crippen LogP contribution is 2.22. The fourth-order valence-corrected chi connectivity index (χ4v) is 2.57. The van der Waals surface area contributed by atoms with E-state index in [1.165, 1.54) is 6.33 Å². The summed E-state index contributed by atoms with van der Waals surface area (Å²) in [6.07, 6.45) is -4.45. The summed E-state index contributed by atoms with van der Waals surface area (Å²) in [5, 5.41) is 37.8. The summed E-state index contributed by atoms with van der Waals surface area (Å²) in [4.78, 5) is 22.2. The van der Waals surface area contributed by atoms with E-state index in [1.54, 1.807) is 4.57 Å². The van der Waals surface area contributed by atoms with E-state index in [0.29, 0.717) is 0 Å². The first-order valence-corrected chi connectivity index (χ1v) is 7.53. The fraction of sp³-hybridized carbons (Fsp3) is 0.615. The lowest BCUT2D eigenvalue weighted by Crippen LogP contribution is -2.50. The molecule has 2 aromatic heterocycles. The van der Waals surface area contributed by atoms with Crippen molar-refractivity contribution in [1.82, 2.24) is 19.5 Å². The second-order valence-electron chi connectivity index (χ2n) is 5.70. The first-order chi connectivity index (χ1) is 11.9. The van der Waals surface area contributed by atoms with Gasteiger partial charge in [-0.15, -0.1) is 0 Å². The molecule has 25 heavy (non-hydrogen) atoms. The van der Waals surface area contributed by atoms with Gasteiger partial charge in [0.15, 0.2) is 17.5 Å². The number of nitrogens with zero attached hydrogens (tertiary/aromatic N) is 3. The second kappa shape index (κ2) is 7.03. The maximum absolute atomic E-state index is 11.8. The highest BCUT2D eigenvalue weighted by atomic mass is 16.7. The normalized spacial score (nSPS) is 25.0. The van der Waals surface area contributed by atoms with Gasteiger partial charge in [0.05, 0.1) is 32.2 Å². The van der Waals surface area contributed by atoms with E-state index in [2.05, 4.69) is 15.0 Å². The predicted molar refractivity (Wildman–Crippen MR) is 82.4 cm³/mol. The Kier molecular flexibility index (Phi) is 4.99. The number of aliphatic hydroxyl groups is 4. The smallest absolute Gasteiger partial charge is 0.280 e. The molecule has 0 saturated carbocycles. The van der Waals surface area contributed by atoms with Gasteiger partial charge in [-0.2, -0.15) is 4.98 Å². The Bertz CT molecular complexity index is 785. The zero-order valence-corrected chi connectivity index (χ0v) is 13.0. The van der Waals surface area contributed by atoms with Gasteiger partial charge in [0.2, 0.25) is 5.95 Å². The molecular formula is C13H19N5O7. The molecule has 12 nitrogen and oxygen atoms in total. The number of H-pyrrole nitrogens is 1. The number of aromatic nitrogens is 4. The molecule has 1 aliphatic heterocycles. The Morgan fingerprint density at radius 2 is 2.04 bits per heavy atom. The monoisotopic (exact) mass is 357 g/mol. The molecular weight excluding hydrogens is 338 g/mol. The summed E-state index contributed by atoms with van der Waals surface area (Å²) in [6.45, 7) is -0.566. The summed E-state index contributed by atoms with van der Waals surface area (Å²) < 4.78 is 12.3. The Morgan fingerprint density at radius 1 is 1.36 bits per heavy atom. The predicted octanol–water partition coefficient (Wildman–Crippen LogP) is -3.31. The summed E-state index contributed by atoms with van der Waals surface area (Å²) in [5.74, 6) is -0.0497. The van der Waals surface area contributed by atoms with Crippen molar-refractivity contribution < 1.29 is 29.9 Å². The number of imidazole rings is 1. The number of nitrogens with two attached hydrogens (primary N) is 1. The van der Waals surface area contributed by atoms with Crippen LogP contribution in [-0.4, -0.2) is 84.4 Å². The molecule has 1 saturated heterocycles. The Hall–Kier alpha value is -2.09. The quantitative estimate of drug-likeness (QED) is 0.316.